The van der Waals surface area contributed by atoms with Gasteiger partial charge in [0.2, 0.25) is 0 Å². The quantitative estimate of drug-likeness (QED) is 0.574. The number of halogens is 3. The molecule has 200 valence electrons. The van der Waals surface area contributed by atoms with Crippen LogP contribution in [0.2, 0.25) is 0 Å². The number of urea groups is 1. The van der Waals surface area contributed by atoms with Crippen LogP contribution in [0.15, 0.2) is 58.6 Å². The lowest BCUT2D eigenvalue weighted by atomic mass is 9.83. The van der Waals surface area contributed by atoms with Gasteiger partial charge in [-0.15, -0.1) is 0 Å². The number of allylic oxidation sites excluding steroid dienone is 1. The van der Waals surface area contributed by atoms with E-state index in [4.69, 9.17) is 0 Å². The molecule has 0 radical (unpaired) electrons. The molecule has 0 saturated carbocycles. The molecular weight excluding hydrogens is 523 g/mol. The Bertz CT molecular complexity index is 1480. The molecule has 1 heterocycles. The van der Waals surface area contributed by atoms with Gasteiger partial charge in [-0.25, -0.2) is 13.2 Å². The maximum atomic E-state index is 13.7. The van der Waals surface area contributed by atoms with Gasteiger partial charge in [0.1, 0.15) is 0 Å². The van der Waals surface area contributed by atoms with Crippen LogP contribution in [0.1, 0.15) is 48.4 Å². The number of likely N-dealkylation sites (N-methyl/N-ethyl adjacent to an activating group) is 1. The number of benzene rings is 2. The number of aliphatic hydroxyl groups is 1. The number of hydrogen-bond acceptors (Lipinski definition) is 6. The summed E-state index contributed by atoms with van der Waals surface area (Å²) in [4.78, 5) is 28.9. The van der Waals surface area contributed by atoms with Gasteiger partial charge in [0.15, 0.2) is 15.6 Å². The summed E-state index contributed by atoms with van der Waals surface area (Å²) in [7, 11) is -2.69. The summed E-state index contributed by atoms with van der Waals surface area (Å²) in [5.41, 5.74) is -0.523. The highest BCUT2D eigenvalue weighted by atomic mass is 32.2. The predicted molar refractivity (Wildman–Crippen MR) is 131 cm³/mol. The molecule has 2 aliphatic rings. The summed E-state index contributed by atoms with van der Waals surface area (Å²) in [5, 5.41) is 18.5. The van der Waals surface area contributed by atoms with Gasteiger partial charge in [-0.3, -0.25) is 9.69 Å². The van der Waals surface area contributed by atoms with Crippen molar-refractivity contribution < 1.29 is 36.3 Å². The SMILES string of the molecule is CN1C(=O)N(c2cccc(C(F)(F)F)c2)C2=C(C(=O)CCC2)C1c1ccc(C#N)cc1S(=O)(=O)CCCO. The average molecular weight is 548 g/mol. The number of rotatable bonds is 6. The molecule has 2 amide bonds. The Balaban J connectivity index is 1.95. The van der Waals surface area contributed by atoms with Gasteiger partial charge in [-0.1, -0.05) is 12.1 Å². The van der Waals surface area contributed by atoms with Gasteiger partial charge in [0.05, 0.1) is 39.6 Å². The summed E-state index contributed by atoms with van der Waals surface area (Å²) < 4.78 is 66.7. The second-order valence-electron chi connectivity index (χ2n) is 9.08. The van der Waals surface area contributed by atoms with Crippen molar-refractivity contribution >= 4 is 27.3 Å². The number of sulfone groups is 1. The molecule has 1 atom stereocenters. The van der Waals surface area contributed by atoms with Crippen molar-refractivity contribution in [1.29, 1.82) is 5.26 Å². The number of alkyl halides is 3. The third kappa shape index (κ3) is 4.91. The molecule has 0 aromatic heterocycles. The normalized spacial score (nSPS) is 18.5. The average Bonchev–Trinajstić information content (AvgIpc) is 2.88. The van der Waals surface area contributed by atoms with Crippen LogP contribution < -0.4 is 4.90 Å². The standard InChI is InChI=1S/C26H24F3N3O5S/c1-31-24(19-10-9-16(15-30)13-22(19)38(36,37)12-4-11-33)23-20(7-3-8-21(23)34)32(25(31)35)18-6-2-5-17(14-18)26(27,28)29/h2,5-6,9-10,13-14,24,33H,3-4,7-8,11-12H2,1H3. The first-order valence-corrected chi connectivity index (χ1v) is 13.4. The number of aliphatic hydroxyl groups excluding tert-OH is 1. The van der Waals surface area contributed by atoms with Crippen LogP contribution in [0.25, 0.3) is 0 Å². The van der Waals surface area contributed by atoms with Crippen molar-refractivity contribution in [2.75, 3.05) is 24.3 Å². The monoisotopic (exact) mass is 547 g/mol. The van der Waals surface area contributed by atoms with Crippen LogP contribution in [0.3, 0.4) is 0 Å². The number of carbonyl (C=O) groups is 2. The molecule has 2 aromatic carbocycles. The van der Waals surface area contributed by atoms with Crippen molar-refractivity contribution in [3.8, 4) is 6.07 Å². The number of amides is 2. The molecule has 1 aliphatic heterocycles. The molecule has 0 fully saturated rings. The van der Waals surface area contributed by atoms with Crippen LogP contribution in [0, 0.1) is 11.3 Å². The van der Waals surface area contributed by atoms with Crippen LogP contribution in [0.5, 0.6) is 0 Å². The minimum Gasteiger partial charge on any atom is -0.396 e. The fraction of sp³-hybridized carbons (Fsp3) is 0.346. The van der Waals surface area contributed by atoms with E-state index in [1.165, 1.54) is 37.4 Å². The fourth-order valence-corrected chi connectivity index (χ4v) is 6.46. The van der Waals surface area contributed by atoms with Gasteiger partial charge in [0, 0.05) is 31.3 Å². The molecule has 8 nitrogen and oxygen atoms in total. The highest BCUT2D eigenvalue weighted by Gasteiger charge is 2.45. The third-order valence-corrected chi connectivity index (χ3v) is 8.48. The summed E-state index contributed by atoms with van der Waals surface area (Å²) in [6, 6.07) is 8.18. The van der Waals surface area contributed by atoms with E-state index in [9.17, 15) is 41.5 Å². The molecule has 0 saturated heterocycles. The molecule has 4 rings (SSSR count). The number of nitrogens with zero attached hydrogens (tertiary/aromatic N) is 3. The van der Waals surface area contributed by atoms with E-state index >= 15 is 0 Å². The van der Waals surface area contributed by atoms with E-state index < -0.39 is 39.4 Å². The Morgan fingerprint density at radius 2 is 1.87 bits per heavy atom. The molecule has 12 heteroatoms. The number of Topliss-reactive ketones (excluding diaryl/α,β-unsaturated/α-hetero) is 1. The Morgan fingerprint density at radius 3 is 2.53 bits per heavy atom. The Hall–Kier alpha value is -3.69. The van der Waals surface area contributed by atoms with Crippen molar-refractivity contribution in [2.24, 2.45) is 0 Å². The van der Waals surface area contributed by atoms with Crippen molar-refractivity contribution in [3.63, 3.8) is 0 Å². The number of carbonyl (C=O) groups excluding carboxylic acids is 2. The van der Waals surface area contributed by atoms with Gasteiger partial charge in [0.25, 0.3) is 0 Å². The molecule has 2 aromatic rings. The summed E-state index contributed by atoms with van der Waals surface area (Å²) in [6.45, 7) is -0.381. The van der Waals surface area contributed by atoms with Crippen molar-refractivity contribution in [3.05, 3.63) is 70.4 Å². The molecule has 0 spiro atoms. The number of ketones is 1. The Kier molecular flexibility index (Phi) is 7.36. The zero-order chi connectivity index (χ0) is 27.8. The second kappa shape index (κ2) is 10.2. The summed E-state index contributed by atoms with van der Waals surface area (Å²) in [5.74, 6) is -0.776. The zero-order valence-electron chi connectivity index (χ0n) is 20.3. The van der Waals surface area contributed by atoms with E-state index in [0.29, 0.717) is 6.42 Å². The summed E-state index contributed by atoms with van der Waals surface area (Å²) >= 11 is 0. The van der Waals surface area contributed by atoms with Crippen LogP contribution in [-0.4, -0.2) is 49.6 Å². The van der Waals surface area contributed by atoms with Gasteiger partial charge >= 0.3 is 12.2 Å². The molecule has 1 aliphatic carbocycles. The van der Waals surface area contributed by atoms with Gasteiger partial charge in [-0.2, -0.15) is 18.4 Å². The Morgan fingerprint density at radius 1 is 1.13 bits per heavy atom. The minimum atomic E-state index is -4.65. The van der Waals surface area contributed by atoms with E-state index in [1.807, 2.05) is 6.07 Å². The minimum absolute atomic E-state index is 0.0517. The topological polar surface area (TPSA) is 119 Å². The number of nitriles is 1. The van der Waals surface area contributed by atoms with Gasteiger partial charge in [-0.05, 0) is 55.2 Å². The molecule has 1 unspecified atom stereocenters. The van der Waals surface area contributed by atoms with Crippen molar-refractivity contribution in [1.82, 2.24) is 4.90 Å². The van der Waals surface area contributed by atoms with Crippen LogP contribution in [0.4, 0.5) is 23.7 Å². The second-order valence-corrected chi connectivity index (χ2v) is 11.2. The van der Waals surface area contributed by atoms with Crippen molar-refractivity contribution in [2.45, 2.75) is 42.8 Å². The summed E-state index contributed by atoms with van der Waals surface area (Å²) in [6.07, 6.45) is -4.00. The smallest absolute Gasteiger partial charge is 0.396 e. The highest BCUT2D eigenvalue weighted by Crippen LogP contribution is 2.45. The lowest BCUT2D eigenvalue weighted by molar-refractivity contribution is -0.137. The first-order valence-electron chi connectivity index (χ1n) is 11.8. The van der Waals surface area contributed by atoms with E-state index in [2.05, 4.69) is 0 Å². The molecule has 0 bridgehead atoms. The van der Waals surface area contributed by atoms with Crippen LogP contribution in [-0.2, 0) is 20.8 Å². The van der Waals surface area contributed by atoms with E-state index in [0.717, 1.165) is 21.9 Å². The largest absolute Gasteiger partial charge is 0.416 e. The lowest BCUT2D eigenvalue weighted by Crippen LogP contribution is -2.50. The Labute approximate surface area is 217 Å². The fourth-order valence-electron chi connectivity index (χ4n) is 4.88. The first kappa shape index (κ1) is 27.3. The molecular formula is C26H24F3N3O5S. The van der Waals surface area contributed by atoms with E-state index in [1.54, 1.807) is 0 Å². The maximum Gasteiger partial charge on any atom is 0.416 e. The highest BCUT2D eigenvalue weighted by molar-refractivity contribution is 7.91. The van der Waals surface area contributed by atoms with E-state index in [-0.39, 0.29) is 64.6 Å². The first-order chi connectivity index (χ1) is 17.9. The molecule has 38 heavy (non-hydrogen) atoms. The lowest BCUT2D eigenvalue weighted by Gasteiger charge is -2.44. The zero-order valence-corrected chi connectivity index (χ0v) is 21.1. The number of hydrogen-bond donors (Lipinski definition) is 1. The maximum absolute atomic E-state index is 13.7. The van der Waals surface area contributed by atoms with Crippen LogP contribution >= 0.6 is 0 Å². The predicted octanol–water partition coefficient (Wildman–Crippen LogP) is 4.35. The number of anilines is 1. The van der Waals surface area contributed by atoms with Gasteiger partial charge < -0.3 is 10.0 Å². The third-order valence-electron chi connectivity index (χ3n) is 6.63. The molecule has 1 N–H and O–H groups in total.